The first-order valence-electron chi connectivity index (χ1n) is 4.92. The van der Waals surface area contributed by atoms with E-state index in [0.717, 1.165) is 5.82 Å². The van der Waals surface area contributed by atoms with E-state index in [1.165, 1.54) is 18.4 Å². The van der Waals surface area contributed by atoms with Gasteiger partial charge in [-0.25, -0.2) is 9.78 Å². The van der Waals surface area contributed by atoms with E-state index >= 15 is 0 Å². The highest BCUT2D eigenvalue weighted by Gasteiger charge is 2.16. The zero-order valence-electron chi connectivity index (χ0n) is 9.72. The topological polar surface area (TPSA) is 69.0 Å². The summed E-state index contributed by atoms with van der Waals surface area (Å²) in [6.07, 6.45) is 1.68. The molecule has 0 aliphatic rings. The van der Waals surface area contributed by atoms with Gasteiger partial charge in [-0.15, -0.1) is 0 Å². The molecule has 0 bridgehead atoms. The summed E-state index contributed by atoms with van der Waals surface area (Å²) in [5.41, 5.74) is 0.659. The number of hydrogen-bond acceptors (Lipinski definition) is 6. The van der Waals surface area contributed by atoms with Crippen molar-refractivity contribution in [3.05, 3.63) is 22.8 Å². The number of carbonyl (C=O) groups is 1. The lowest BCUT2D eigenvalue weighted by Gasteiger charge is -2.01. The highest BCUT2D eigenvalue weighted by atomic mass is 32.1. The molecule has 2 rings (SSSR count). The van der Waals surface area contributed by atoms with Crippen LogP contribution in [0.15, 0.2) is 12.3 Å². The van der Waals surface area contributed by atoms with Crippen LogP contribution in [0.1, 0.15) is 15.4 Å². The number of esters is 1. The lowest BCUT2D eigenvalue weighted by molar-refractivity contribution is 0.0605. The third-order valence-electron chi connectivity index (χ3n) is 2.22. The summed E-state index contributed by atoms with van der Waals surface area (Å²) in [4.78, 5) is 16.2. The molecule has 0 saturated heterocycles. The molecule has 0 unspecified atom stereocenters. The van der Waals surface area contributed by atoms with Crippen LogP contribution in [-0.4, -0.2) is 27.8 Å². The van der Waals surface area contributed by atoms with E-state index in [9.17, 15) is 4.79 Å². The van der Waals surface area contributed by atoms with Crippen molar-refractivity contribution in [3.63, 3.8) is 0 Å². The molecule has 0 spiro atoms. The predicted octanol–water partition coefficient (Wildman–Crippen LogP) is 1.72. The van der Waals surface area contributed by atoms with Crippen molar-refractivity contribution in [1.82, 2.24) is 14.8 Å². The van der Waals surface area contributed by atoms with E-state index in [1.807, 2.05) is 13.1 Å². The Labute approximate surface area is 102 Å². The SMILES string of the molecule is COC(=O)c1sc(Nc2ccnn2C)nc1C. The number of carbonyl (C=O) groups excluding carboxylic acids is 1. The molecule has 2 heterocycles. The van der Waals surface area contributed by atoms with Crippen molar-refractivity contribution >= 4 is 28.3 Å². The van der Waals surface area contributed by atoms with Gasteiger partial charge in [-0.1, -0.05) is 11.3 Å². The predicted molar refractivity (Wildman–Crippen MR) is 64.7 cm³/mol. The Morgan fingerprint density at radius 3 is 2.94 bits per heavy atom. The Bertz CT molecular complexity index is 546. The number of thiazole rings is 1. The van der Waals surface area contributed by atoms with Crippen molar-refractivity contribution in [3.8, 4) is 0 Å². The summed E-state index contributed by atoms with van der Waals surface area (Å²) in [5.74, 6) is 0.452. The number of nitrogens with one attached hydrogen (secondary N) is 1. The normalized spacial score (nSPS) is 10.3. The van der Waals surface area contributed by atoms with Gasteiger partial charge in [-0.05, 0) is 6.92 Å². The molecule has 0 fully saturated rings. The first-order valence-corrected chi connectivity index (χ1v) is 5.74. The number of methoxy groups -OCH3 is 1. The zero-order chi connectivity index (χ0) is 12.4. The second kappa shape index (κ2) is 4.54. The highest BCUT2D eigenvalue weighted by Crippen LogP contribution is 2.25. The van der Waals surface area contributed by atoms with Crippen LogP contribution in [0.3, 0.4) is 0 Å². The molecular formula is C10H12N4O2S. The fourth-order valence-corrected chi connectivity index (χ4v) is 2.23. The summed E-state index contributed by atoms with van der Waals surface area (Å²) >= 11 is 1.26. The van der Waals surface area contributed by atoms with Crippen LogP contribution < -0.4 is 5.32 Å². The van der Waals surface area contributed by atoms with Crippen LogP contribution in [0.4, 0.5) is 10.9 Å². The van der Waals surface area contributed by atoms with Crippen molar-refractivity contribution in [2.45, 2.75) is 6.92 Å². The van der Waals surface area contributed by atoms with Crippen molar-refractivity contribution in [2.75, 3.05) is 12.4 Å². The molecule has 7 heteroatoms. The van der Waals surface area contributed by atoms with Crippen LogP contribution in [0.5, 0.6) is 0 Å². The van der Waals surface area contributed by atoms with E-state index in [0.29, 0.717) is 15.7 Å². The van der Waals surface area contributed by atoms with Gasteiger partial charge in [0.1, 0.15) is 10.7 Å². The first kappa shape index (κ1) is 11.6. The molecule has 90 valence electrons. The van der Waals surface area contributed by atoms with Crippen LogP contribution >= 0.6 is 11.3 Å². The minimum absolute atomic E-state index is 0.363. The highest BCUT2D eigenvalue weighted by molar-refractivity contribution is 7.17. The van der Waals surface area contributed by atoms with Crippen LogP contribution in [0.2, 0.25) is 0 Å². The van der Waals surface area contributed by atoms with Gasteiger partial charge in [-0.3, -0.25) is 4.68 Å². The number of anilines is 2. The summed E-state index contributed by atoms with van der Waals surface area (Å²) in [5, 5.41) is 7.77. The molecule has 0 saturated carbocycles. The van der Waals surface area contributed by atoms with Gasteiger partial charge in [0.2, 0.25) is 0 Å². The number of ether oxygens (including phenoxy) is 1. The Balaban J connectivity index is 2.24. The molecule has 2 aromatic heterocycles. The van der Waals surface area contributed by atoms with Crippen molar-refractivity contribution < 1.29 is 9.53 Å². The average molecular weight is 252 g/mol. The van der Waals surface area contributed by atoms with Gasteiger partial charge >= 0.3 is 5.97 Å². The standard InChI is InChI=1S/C10H12N4O2S/c1-6-8(9(15)16-3)17-10(12-6)13-7-4-5-11-14(7)2/h4-5H,1-3H3,(H,12,13). The molecule has 1 N–H and O–H groups in total. The van der Waals surface area contributed by atoms with Crippen LogP contribution in [-0.2, 0) is 11.8 Å². The molecule has 0 aliphatic carbocycles. The van der Waals surface area contributed by atoms with Gasteiger partial charge in [-0.2, -0.15) is 5.10 Å². The lowest BCUT2D eigenvalue weighted by atomic mass is 10.4. The number of rotatable bonds is 3. The first-order chi connectivity index (χ1) is 8.11. The molecule has 6 nitrogen and oxygen atoms in total. The van der Waals surface area contributed by atoms with E-state index < -0.39 is 0 Å². The van der Waals surface area contributed by atoms with Crippen molar-refractivity contribution in [2.24, 2.45) is 7.05 Å². The van der Waals surface area contributed by atoms with Gasteiger partial charge in [0.05, 0.1) is 19.0 Å². The quantitative estimate of drug-likeness (QED) is 0.842. The Morgan fingerprint density at radius 1 is 1.59 bits per heavy atom. The largest absolute Gasteiger partial charge is 0.465 e. The van der Waals surface area contributed by atoms with Crippen molar-refractivity contribution in [1.29, 1.82) is 0 Å². The number of aryl methyl sites for hydroxylation is 2. The smallest absolute Gasteiger partial charge is 0.350 e. The van der Waals surface area contributed by atoms with E-state index in [1.54, 1.807) is 17.8 Å². The molecule has 0 atom stereocenters. The summed E-state index contributed by atoms with van der Waals surface area (Å²) in [6, 6.07) is 1.83. The van der Waals surface area contributed by atoms with Crippen LogP contribution in [0.25, 0.3) is 0 Å². The maximum Gasteiger partial charge on any atom is 0.350 e. The molecule has 17 heavy (non-hydrogen) atoms. The third-order valence-corrected chi connectivity index (χ3v) is 3.28. The van der Waals surface area contributed by atoms with E-state index in [-0.39, 0.29) is 5.97 Å². The van der Waals surface area contributed by atoms with E-state index in [2.05, 4.69) is 20.1 Å². The monoisotopic (exact) mass is 252 g/mol. The number of hydrogen-bond donors (Lipinski definition) is 1. The zero-order valence-corrected chi connectivity index (χ0v) is 10.5. The second-order valence-electron chi connectivity index (χ2n) is 3.39. The lowest BCUT2D eigenvalue weighted by Crippen LogP contribution is -1.99. The van der Waals surface area contributed by atoms with Gasteiger partial charge in [0, 0.05) is 13.1 Å². The Kier molecular flexibility index (Phi) is 3.10. The summed E-state index contributed by atoms with van der Waals surface area (Å²) in [6.45, 7) is 1.77. The maximum atomic E-state index is 11.4. The van der Waals surface area contributed by atoms with Gasteiger partial charge < -0.3 is 10.1 Å². The molecule has 2 aromatic rings. The Morgan fingerprint density at radius 2 is 2.35 bits per heavy atom. The fraction of sp³-hybridized carbons (Fsp3) is 0.300. The fourth-order valence-electron chi connectivity index (χ4n) is 1.34. The second-order valence-corrected chi connectivity index (χ2v) is 4.39. The molecule has 0 amide bonds. The molecule has 0 radical (unpaired) electrons. The maximum absolute atomic E-state index is 11.4. The molecule has 0 aromatic carbocycles. The summed E-state index contributed by atoms with van der Waals surface area (Å²) < 4.78 is 6.36. The van der Waals surface area contributed by atoms with Gasteiger partial charge in [0.15, 0.2) is 5.13 Å². The Hall–Kier alpha value is -1.89. The van der Waals surface area contributed by atoms with Gasteiger partial charge in [0.25, 0.3) is 0 Å². The summed E-state index contributed by atoms with van der Waals surface area (Å²) in [7, 11) is 3.18. The minimum Gasteiger partial charge on any atom is -0.465 e. The third kappa shape index (κ3) is 2.28. The van der Waals surface area contributed by atoms with Crippen LogP contribution in [0, 0.1) is 6.92 Å². The number of nitrogens with zero attached hydrogens (tertiary/aromatic N) is 3. The minimum atomic E-state index is -0.363. The number of aromatic nitrogens is 3. The average Bonchev–Trinajstić information content (AvgIpc) is 2.86. The molecular weight excluding hydrogens is 240 g/mol. The molecule has 0 aliphatic heterocycles. The van der Waals surface area contributed by atoms with E-state index in [4.69, 9.17) is 0 Å².